The molecule has 0 aromatic carbocycles. The Balaban J connectivity index is 1.43. The monoisotopic (exact) mass is 316 g/mol. The van der Waals surface area contributed by atoms with E-state index < -0.39 is 0 Å². The Bertz CT molecular complexity index is 586. The number of likely N-dealkylation sites (tertiary alicyclic amines) is 1. The van der Waals surface area contributed by atoms with Gasteiger partial charge in [0.25, 0.3) is 0 Å². The summed E-state index contributed by atoms with van der Waals surface area (Å²) in [5, 5.41) is 6.76. The molecule has 0 spiro atoms. The Labute approximate surface area is 136 Å². The fourth-order valence-corrected chi connectivity index (χ4v) is 4.51. The third kappa shape index (κ3) is 3.12. The van der Waals surface area contributed by atoms with E-state index in [1.54, 1.807) is 0 Å². The van der Waals surface area contributed by atoms with E-state index in [2.05, 4.69) is 43.2 Å². The van der Waals surface area contributed by atoms with Gasteiger partial charge in [0.1, 0.15) is 0 Å². The van der Waals surface area contributed by atoms with Crippen molar-refractivity contribution in [3.63, 3.8) is 0 Å². The smallest absolute Gasteiger partial charge is 0.0662 e. The first-order valence-corrected chi connectivity index (χ1v) is 9.26. The highest BCUT2D eigenvalue weighted by molar-refractivity contribution is 7.09. The molecule has 4 nitrogen and oxygen atoms in total. The predicted molar refractivity (Wildman–Crippen MR) is 90.0 cm³/mol. The van der Waals surface area contributed by atoms with Gasteiger partial charge in [-0.25, -0.2) is 0 Å². The van der Waals surface area contributed by atoms with Crippen molar-refractivity contribution in [3.05, 3.63) is 40.3 Å². The molecule has 0 bridgehead atoms. The number of aromatic nitrogens is 2. The molecule has 1 saturated heterocycles. The molecular formula is C17H24N4S. The minimum Gasteiger partial charge on any atom is -0.303 e. The van der Waals surface area contributed by atoms with Gasteiger partial charge in [0.15, 0.2) is 0 Å². The molecule has 0 amide bonds. The van der Waals surface area contributed by atoms with E-state index in [1.807, 2.05) is 17.5 Å². The van der Waals surface area contributed by atoms with Gasteiger partial charge >= 0.3 is 0 Å². The summed E-state index contributed by atoms with van der Waals surface area (Å²) in [6.45, 7) is 7.02. The van der Waals surface area contributed by atoms with Crippen LogP contribution in [0.15, 0.2) is 29.8 Å². The Morgan fingerprint density at radius 3 is 2.91 bits per heavy atom. The van der Waals surface area contributed by atoms with Gasteiger partial charge in [-0.2, -0.15) is 5.10 Å². The maximum atomic E-state index is 4.59. The molecule has 1 fully saturated rings. The average molecular weight is 316 g/mol. The molecule has 2 aromatic heterocycles. The second kappa shape index (κ2) is 6.52. The van der Waals surface area contributed by atoms with Crippen LogP contribution in [-0.2, 0) is 13.1 Å². The van der Waals surface area contributed by atoms with Gasteiger partial charge in [-0.05, 0) is 49.9 Å². The van der Waals surface area contributed by atoms with Crippen LogP contribution in [0.1, 0.15) is 35.9 Å². The molecule has 0 N–H and O–H groups in total. The molecule has 2 aromatic rings. The first-order valence-electron chi connectivity index (χ1n) is 8.38. The van der Waals surface area contributed by atoms with Crippen LogP contribution in [0.5, 0.6) is 0 Å². The van der Waals surface area contributed by atoms with Gasteiger partial charge in [-0.3, -0.25) is 9.58 Å². The minimum absolute atomic E-state index is 0.527. The highest BCUT2D eigenvalue weighted by atomic mass is 32.1. The van der Waals surface area contributed by atoms with Crippen molar-refractivity contribution in [1.29, 1.82) is 0 Å². The quantitative estimate of drug-likeness (QED) is 0.847. The third-order valence-electron chi connectivity index (χ3n) is 4.89. The van der Waals surface area contributed by atoms with E-state index in [9.17, 15) is 0 Å². The number of fused-ring (bicyclic) bond motifs is 1. The molecule has 0 radical (unpaired) electrons. The van der Waals surface area contributed by atoms with Crippen LogP contribution in [0.3, 0.4) is 0 Å². The maximum absolute atomic E-state index is 4.59. The van der Waals surface area contributed by atoms with Crippen molar-refractivity contribution in [2.45, 2.75) is 38.4 Å². The van der Waals surface area contributed by atoms with Crippen molar-refractivity contribution in [3.8, 4) is 0 Å². The number of hydrogen-bond donors (Lipinski definition) is 0. The summed E-state index contributed by atoms with van der Waals surface area (Å²) in [6, 6.07) is 7.11. The Kier molecular flexibility index (Phi) is 4.28. The molecule has 2 aliphatic heterocycles. The number of hydrogen-bond acceptors (Lipinski definition) is 4. The second-order valence-electron chi connectivity index (χ2n) is 6.51. The summed E-state index contributed by atoms with van der Waals surface area (Å²) < 4.78 is 2.28. The molecule has 2 aliphatic rings. The zero-order valence-electron chi connectivity index (χ0n) is 13.0. The number of thiophene rings is 1. The number of nitrogens with zero attached hydrogens (tertiary/aromatic N) is 4. The van der Waals surface area contributed by atoms with Gasteiger partial charge in [-0.15, -0.1) is 11.3 Å². The van der Waals surface area contributed by atoms with Gasteiger partial charge < -0.3 is 4.90 Å². The average Bonchev–Trinajstić information content (AvgIpc) is 3.27. The first-order chi connectivity index (χ1) is 10.9. The molecule has 0 aliphatic carbocycles. The van der Waals surface area contributed by atoms with Crippen molar-refractivity contribution in [1.82, 2.24) is 19.6 Å². The van der Waals surface area contributed by atoms with Gasteiger partial charge in [0.05, 0.1) is 11.7 Å². The van der Waals surface area contributed by atoms with E-state index >= 15 is 0 Å². The topological polar surface area (TPSA) is 24.3 Å². The van der Waals surface area contributed by atoms with Crippen molar-refractivity contribution in [2.75, 3.05) is 26.2 Å². The maximum Gasteiger partial charge on any atom is 0.0662 e. The highest BCUT2D eigenvalue weighted by Gasteiger charge is 2.26. The molecule has 4 rings (SSSR count). The largest absolute Gasteiger partial charge is 0.303 e. The summed E-state index contributed by atoms with van der Waals surface area (Å²) in [7, 11) is 0. The lowest BCUT2D eigenvalue weighted by atomic mass is 10.1. The van der Waals surface area contributed by atoms with Crippen molar-refractivity contribution in [2.24, 2.45) is 0 Å². The van der Waals surface area contributed by atoms with Crippen molar-refractivity contribution >= 4 is 11.3 Å². The molecule has 0 unspecified atom stereocenters. The highest BCUT2D eigenvalue weighted by Crippen LogP contribution is 2.26. The van der Waals surface area contributed by atoms with Crippen LogP contribution in [-0.4, -0.2) is 45.8 Å². The normalized spacial score (nSPS) is 23.0. The van der Waals surface area contributed by atoms with Gasteiger partial charge in [0, 0.05) is 37.3 Å². The lowest BCUT2D eigenvalue weighted by Crippen LogP contribution is -2.38. The van der Waals surface area contributed by atoms with E-state index in [-0.39, 0.29) is 0 Å². The molecule has 0 saturated carbocycles. The minimum atomic E-state index is 0.527. The summed E-state index contributed by atoms with van der Waals surface area (Å²) in [4.78, 5) is 6.66. The summed E-state index contributed by atoms with van der Waals surface area (Å²) in [5.74, 6) is 0. The summed E-state index contributed by atoms with van der Waals surface area (Å²) in [6.07, 6.45) is 5.94. The molecular weight excluding hydrogens is 292 g/mol. The van der Waals surface area contributed by atoms with Crippen LogP contribution >= 0.6 is 11.3 Å². The van der Waals surface area contributed by atoms with E-state index in [4.69, 9.17) is 0 Å². The van der Waals surface area contributed by atoms with E-state index in [0.717, 1.165) is 19.6 Å². The van der Waals surface area contributed by atoms with Crippen LogP contribution in [0.2, 0.25) is 0 Å². The lowest BCUT2D eigenvalue weighted by molar-refractivity contribution is 0.153. The second-order valence-corrected chi connectivity index (χ2v) is 7.54. The zero-order valence-corrected chi connectivity index (χ0v) is 13.8. The van der Waals surface area contributed by atoms with E-state index in [0.29, 0.717) is 6.04 Å². The van der Waals surface area contributed by atoms with Gasteiger partial charge in [-0.1, -0.05) is 6.07 Å². The Morgan fingerprint density at radius 2 is 2.09 bits per heavy atom. The fourth-order valence-electron chi connectivity index (χ4n) is 3.76. The molecule has 1 atom stereocenters. The van der Waals surface area contributed by atoms with Crippen LogP contribution < -0.4 is 0 Å². The van der Waals surface area contributed by atoms with E-state index in [1.165, 1.54) is 49.5 Å². The van der Waals surface area contributed by atoms with Crippen LogP contribution in [0, 0.1) is 0 Å². The standard InChI is InChI=1S/C17H24N4S/c1-2-9-19(8-1)10-6-16-13-20(14-17-4-3-11-22-17)12-15-5-7-18-21(15)16/h3-5,7,11,16H,1-2,6,8-10,12-14H2/t16-/m0/s1. The zero-order chi connectivity index (χ0) is 14.8. The molecule has 118 valence electrons. The number of rotatable bonds is 5. The summed E-state index contributed by atoms with van der Waals surface area (Å²) in [5.41, 5.74) is 1.37. The fraction of sp³-hybridized carbons (Fsp3) is 0.588. The first kappa shape index (κ1) is 14.4. The summed E-state index contributed by atoms with van der Waals surface area (Å²) >= 11 is 1.86. The Hall–Kier alpha value is -1.17. The Morgan fingerprint density at radius 1 is 1.18 bits per heavy atom. The molecule has 22 heavy (non-hydrogen) atoms. The molecule has 4 heterocycles. The SMILES string of the molecule is c1csc(CN2Cc3ccnn3[C@@H](CCN3CCCC3)C2)c1. The van der Waals surface area contributed by atoms with Crippen LogP contribution in [0.25, 0.3) is 0 Å². The van der Waals surface area contributed by atoms with Gasteiger partial charge in [0.2, 0.25) is 0 Å². The lowest BCUT2D eigenvalue weighted by Gasteiger charge is -2.34. The molecule has 5 heteroatoms. The predicted octanol–water partition coefficient (Wildman–Crippen LogP) is 2.99. The van der Waals surface area contributed by atoms with Crippen LogP contribution in [0.4, 0.5) is 0 Å². The van der Waals surface area contributed by atoms with Crippen molar-refractivity contribution < 1.29 is 0 Å². The third-order valence-corrected chi connectivity index (χ3v) is 5.75.